The molecule has 0 radical (unpaired) electrons. The summed E-state index contributed by atoms with van der Waals surface area (Å²) in [6, 6.07) is 11.5. The van der Waals surface area contributed by atoms with Crippen molar-refractivity contribution in [2.45, 2.75) is 30.7 Å². The molecular formula is C22H23NO3S. The first-order valence-electron chi connectivity index (χ1n) is 9.17. The highest BCUT2D eigenvalue weighted by Crippen LogP contribution is 2.51. The number of sulfone groups is 1. The summed E-state index contributed by atoms with van der Waals surface area (Å²) in [5, 5.41) is 0.107. The van der Waals surface area contributed by atoms with Crippen LogP contribution in [0.3, 0.4) is 0 Å². The molecule has 1 fully saturated rings. The van der Waals surface area contributed by atoms with Crippen LogP contribution in [-0.4, -0.2) is 26.8 Å². The molecule has 4 nitrogen and oxygen atoms in total. The van der Waals surface area contributed by atoms with Crippen molar-refractivity contribution in [3.63, 3.8) is 0 Å². The van der Waals surface area contributed by atoms with E-state index in [2.05, 4.69) is 29.3 Å². The quantitative estimate of drug-likeness (QED) is 0.780. The van der Waals surface area contributed by atoms with Gasteiger partial charge in [-0.25, -0.2) is 13.4 Å². The molecule has 0 atom stereocenters. The van der Waals surface area contributed by atoms with Crippen molar-refractivity contribution >= 4 is 21.0 Å². The van der Waals surface area contributed by atoms with Crippen LogP contribution in [-0.2, 0) is 9.84 Å². The lowest BCUT2D eigenvalue weighted by Crippen LogP contribution is -2.05. The van der Waals surface area contributed by atoms with Gasteiger partial charge in [0.2, 0.25) is 0 Å². The van der Waals surface area contributed by atoms with E-state index in [1.807, 2.05) is 18.2 Å². The smallest absolute Gasteiger partial charge is 0.192 e. The first kappa shape index (κ1) is 18.0. The van der Waals surface area contributed by atoms with Gasteiger partial charge < -0.3 is 4.74 Å². The molecule has 0 unspecified atom stereocenters. The predicted molar refractivity (Wildman–Crippen MR) is 107 cm³/mol. The van der Waals surface area contributed by atoms with Gasteiger partial charge in [0.05, 0.1) is 7.11 Å². The molecule has 1 aromatic heterocycles. The summed E-state index contributed by atoms with van der Waals surface area (Å²) in [7, 11) is -1.63. The summed E-state index contributed by atoms with van der Waals surface area (Å²) in [4.78, 5) is 4.19. The first-order chi connectivity index (χ1) is 12.9. The van der Waals surface area contributed by atoms with Crippen LogP contribution in [0.1, 0.15) is 36.8 Å². The van der Waals surface area contributed by atoms with Gasteiger partial charge in [-0.3, -0.25) is 0 Å². The second-order valence-electron chi connectivity index (χ2n) is 7.44. The lowest BCUT2D eigenvalue weighted by Gasteiger charge is -2.16. The number of hydrogen-bond donors (Lipinski definition) is 0. The van der Waals surface area contributed by atoms with Gasteiger partial charge in [0.25, 0.3) is 0 Å². The molecule has 0 aliphatic heterocycles. The highest BCUT2D eigenvalue weighted by molar-refractivity contribution is 7.90. The Labute approximate surface area is 160 Å². The maximum Gasteiger partial charge on any atom is 0.192 e. The zero-order valence-corrected chi connectivity index (χ0v) is 16.4. The number of rotatable bonds is 4. The van der Waals surface area contributed by atoms with E-state index in [1.165, 1.54) is 24.7 Å². The van der Waals surface area contributed by atoms with Crippen molar-refractivity contribution in [1.82, 2.24) is 4.98 Å². The summed E-state index contributed by atoms with van der Waals surface area (Å²) >= 11 is 0. The fraction of sp³-hybridized carbons (Fsp3) is 0.318. The minimum atomic E-state index is -3.30. The Morgan fingerprint density at radius 1 is 0.926 bits per heavy atom. The highest BCUT2D eigenvalue weighted by atomic mass is 32.2. The number of benzene rings is 1. The molecule has 5 heteroatoms. The number of hydrogen-bond acceptors (Lipinski definition) is 4. The maximum absolute atomic E-state index is 11.7. The number of allylic oxidation sites excluding steroid dienone is 4. The summed E-state index contributed by atoms with van der Waals surface area (Å²) in [5.41, 5.74) is 4.52. The highest BCUT2D eigenvalue weighted by Gasteiger charge is 2.36. The molecule has 2 aromatic rings. The molecule has 4 rings (SSSR count). The zero-order valence-electron chi connectivity index (χ0n) is 15.6. The largest absolute Gasteiger partial charge is 0.497 e. The average molecular weight is 381 g/mol. The third-order valence-electron chi connectivity index (χ3n) is 5.52. The number of ether oxygens (including phenoxy) is 1. The zero-order chi connectivity index (χ0) is 19.1. The van der Waals surface area contributed by atoms with Crippen LogP contribution in [0.25, 0.3) is 11.1 Å². The van der Waals surface area contributed by atoms with E-state index in [-0.39, 0.29) is 10.4 Å². The second-order valence-corrected chi connectivity index (χ2v) is 9.40. The van der Waals surface area contributed by atoms with Crippen LogP contribution < -0.4 is 4.74 Å². The van der Waals surface area contributed by atoms with E-state index in [0.717, 1.165) is 35.3 Å². The van der Waals surface area contributed by atoms with Gasteiger partial charge in [0.15, 0.2) is 14.9 Å². The number of aromatic nitrogens is 1. The van der Waals surface area contributed by atoms with Crippen LogP contribution in [0.15, 0.2) is 59.8 Å². The number of pyridine rings is 1. The summed E-state index contributed by atoms with van der Waals surface area (Å²) in [6.07, 6.45) is 12.4. The Kier molecular flexibility index (Phi) is 4.42. The third-order valence-corrected chi connectivity index (χ3v) is 6.52. The third kappa shape index (κ3) is 3.44. The Morgan fingerprint density at radius 2 is 1.52 bits per heavy atom. The van der Waals surface area contributed by atoms with E-state index >= 15 is 0 Å². The van der Waals surface area contributed by atoms with Crippen LogP contribution in [0.5, 0.6) is 5.75 Å². The second kappa shape index (κ2) is 6.64. The number of methoxy groups -OCH3 is 1. The molecule has 1 saturated carbocycles. The molecule has 2 aliphatic carbocycles. The molecule has 0 saturated heterocycles. The monoisotopic (exact) mass is 381 g/mol. The molecule has 1 spiro atoms. The van der Waals surface area contributed by atoms with Crippen molar-refractivity contribution in [2.75, 3.05) is 13.4 Å². The van der Waals surface area contributed by atoms with Crippen molar-refractivity contribution in [3.05, 3.63) is 65.9 Å². The van der Waals surface area contributed by atoms with E-state index in [4.69, 9.17) is 4.74 Å². The summed E-state index contributed by atoms with van der Waals surface area (Å²) in [5.74, 6) is 0.831. The van der Waals surface area contributed by atoms with Crippen molar-refractivity contribution in [1.29, 1.82) is 0 Å². The Morgan fingerprint density at radius 3 is 2.04 bits per heavy atom. The van der Waals surface area contributed by atoms with Gasteiger partial charge in [-0.15, -0.1) is 0 Å². The minimum Gasteiger partial charge on any atom is -0.497 e. The first-order valence-corrected chi connectivity index (χ1v) is 11.1. The molecule has 1 aromatic carbocycles. The Hall–Kier alpha value is -2.40. The maximum atomic E-state index is 11.7. The van der Waals surface area contributed by atoms with Crippen LogP contribution in [0.4, 0.5) is 0 Å². The van der Waals surface area contributed by atoms with Crippen LogP contribution in [0, 0.1) is 5.41 Å². The van der Waals surface area contributed by atoms with Crippen molar-refractivity contribution in [2.24, 2.45) is 5.41 Å². The van der Waals surface area contributed by atoms with Gasteiger partial charge in [-0.05, 0) is 53.8 Å². The van der Waals surface area contributed by atoms with Gasteiger partial charge in [0.1, 0.15) is 5.75 Å². The molecule has 27 heavy (non-hydrogen) atoms. The standard InChI is InChI=1S/C22H23NO3S/c1-26-18-8-5-16(6-9-18)19-13-22(11-3-4-12-22)14-20(19)17-7-10-21(23-15-17)27(2,24)25/h5-10,13-15H,3-4,11-12H2,1-2H3. The molecular weight excluding hydrogens is 358 g/mol. The van der Waals surface area contributed by atoms with Gasteiger partial charge in [-0.1, -0.05) is 37.1 Å². The van der Waals surface area contributed by atoms with Gasteiger partial charge in [-0.2, -0.15) is 0 Å². The van der Waals surface area contributed by atoms with Crippen molar-refractivity contribution < 1.29 is 13.2 Å². The van der Waals surface area contributed by atoms with Gasteiger partial charge >= 0.3 is 0 Å². The van der Waals surface area contributed by atoms with Crippen LogP contribution in [0.2, 0.25) is 0 Å². The van der Waals surface area contributed by atoms with E-state index in [1.54, 1.807) is 19.4 Å². The molecule has 1 heterocycles. The minimum absolute atomic E-state index is 0.107. The molecule has 2 aliphatic rings. The van der Waals surface area contributed by atoms with Gasteiger partial charge in [0, 0.05) is 23.4 Å². The van der Waals surface area contributed by atoms with Crippen LogP contribution >= 0.6 is 0 Å². The molecule has 140 valence electrons. The van der Waals surface area contributed by atoms with E-state index in [0.29, 0.717) is 0 Å². The molecule has 0 bridgehead atoms. The predicted octanol–water partition coefficient (Wildman–Crippen LogP) is 4.53. The molecule has 0 N–H and O–H groups in total. The fourth-order valence-corrected chi connectivity index (χ4v) is 4.66. The lowest BCUT2D eigenvalue weighted by molar-refractivity contribution is 0.415. The van der Waals surface area contributed by atoms with E-state index < -0.39 is 9.84 Å². The van der Waals surface area contributed by atoms with E-state index in [9.17, 15) is 8.42 Å². The Balaban J connectivity index is 1.77. The fourth-order valence-electron chi connectivity index (χ4n) is 4.10. The molecule has 0 amide bonds. The topological polar surface area (TPSA) is 56.3 Å². The normalized spacial score (nSPS) is 18.4. The Bertz CT molecular complexity index is 1010. The SMILES string of the molecule is COc1ccc(C2=CC3(C=C2c2ccc(S(C)(=O)=O)nc2)CCCC3)cc1. The average Bonchev–Trinajstić information content (AvgIpc) is 3.28. The van der Waals surface area contributed by atoms with Crippen molar-refractivity contribution in [3.8, 4) is 5.75 Å². The summed E-state index contributed by atoms with van der Waals surface area (Å²) < 4.78 is 28.7. The number of nitrogens with zero attached hydrogens (tertiary/aromatic N) is 1. The lowest BCUT2D eigenvalue weighted by atomic mass is 9.88. The summed E-state index contributed by atoms with van der Waals surface area (Å²) in [6.45, 7) is 0.